The van der Waals surface area contributed by atoms with Gasteiger partial charge in [-0.1, -0.05) is 18.2 Å². The Morgan fingerprint density at radius 2 is 1.95 bits per heavy atom. The summed E-state index contributed by atoms with van der Waals surface area (Å²) < 4.78 is 49.7. The fourth-order valence-electron chi connectivity index (χ4n) is 1.80. The molecule has 4 nitrogen and oxygen atoms in total. The van der Waals surface area contributed by atoms with Gasteiger partial charge in [-0.25, -0.2) is 17.2 Å². The first-order valence-corrected chi connectivity index (χ1v) is 8.52. The highest BCUT2D eigenvalue weighted by molar-refractivity contribution is 7.92. The Bertz CT molecular complexity index is 671. The number of allylic oxidation sites excluding steroid dienone is 1. The standard InChI is InChI=1S/C15H19F2NO3S/c1-4-5-8-22(20,21)10-15(19)18(3)11(2)12-6-7-13(16)14(17)9-12/h4-7,9,11H,8,10H2,1-3H3/b5-4+. The van der Waals surface area contributed by atoms with Crippen molar-refractivity contribution in [1.29, 1.82) is 0 Å². The Morgan fingerprint density at radius 1 is 1.32 bits per heavy atom. The van der Waals surface area contributed by atoms with E-state index in [9.17, 15) is 22.0 Å². The first-order chi connectivity index (χ1) is 10.2. The first kappa shape index (κ1) is 18.3. The molecule has 1 atom stereocenters. The third-order valence-electron chi connectivity index (χ3n) is 3.33. The maximum atomic E-state index is 13.2. The molecule has 1 aromatic rings. The molecule has 1 aromatic carbocycles. The molecule has 1 rings (SSSR count). The molecule has 7 heteroatoms. The summed E-state index contributed by atoms with van der Waals surface area (Å²) >= 11 is 0. The number of benzene rings is 1. The lowest BCUT2D eigenvalue weighted by Crippen LogP contribution is -2.35. The normalized spacial score (nSPS) is 13.3. The van der Waals surface area contributed by atoms with Crippen LogP contribution in [0.25, 0.3) is 0 Å². The summed E-state index contributed by atoms with van der Waals surface area (Å²) in [4.78, 5) is 13.3. The van der Waals surface area contributed by atoms with Crippen LogP contribution in [0.1, 0.15) is 25.5 Å². The number of carbonyl (C=O) groups is 1. The number of hydrogen-bond acceptors (Lipinski definition) is 3. The molecule has 0 aliphatic carbocycles. The molecule has 0 bridgehead atoms. The number of rotatable bonds is 6. The topological polar surface area (TPSA) is 54.5 Å². The highest BCUT2D eigenvalue weighted by Gasteiger charge is 2.23. The van der Waals surface area contributed by atoms with Gasteiger partial charge in [0.1, 0.15) is 5.75 Å². The molecule has 1 unspecified atom stereocenters. The van der Waals surface area contributed by atoms with Crippen LogP contribution in [-0.2, 0) is 14.6 Å². The molecule has 0 aliphatic heterocycles. The summed E-state index contributed by atoms with van der Waals surface area (Å²) in [6.45, 7) is 3.30. The largest absolute Gasteiger partial charge is 0.338 e. The summed E-state index contributed by atoms with van der Waals surface area (Å²) in [7, 11) is -2.10. The van der Waals surface area contributed by atoms with Crippen molar-refractivity contribution in [2.45, 2.75) is 19.9 Å². The van der Waals surface area contributed by atoms with Gasteiger partial charge in [-0.3, -0.25) is 4.79 Å². The van der Waals surface area contributed by atoms with Crippen molar-refractivity contribution in [2.75, 3.05) is 18.6 Å². The van der Waals surface area contributed by atoms with Crippen LogP contribution < -0.4 is 0 Å². The number of halogens is 2. The number of hydrogen-bond donors (Lipinski definition) is 0. The van der Waals surface area contributed by atoms with E-state index in [1.54, 1.807) is 19.9 Å². The number of sulfone groups is 1. The van der Waals surface area contributed by atoms with Crippen molar-refractivity contribution < 1.29 is 22.0 Å². The van der Waals surface area contributed by atoms with Gasteiger partial charge in [-0.2, -0.15) is 0 Å². The van der Waals surface area contributed by atoms with Crippen molar-refractivity contribution in [3.05, 3.63) is 47.5 Å². The molecule has 0 aliphatic rings. The second-order valence-electron chi connectivity index (χ2n) is 4.98. The van der Waals surface area contributed by atoms with E-state index in [0.29, 0.717) is 5.56 Å². The molecule has 0 fully saturated rings. The van der Waals surface area contributed by atoms with E-state index in [2.05, 4.69) is 0 Å². The van der Waals surface area contributed by atoms with Crippen LogP contribution in [0.2, 0.25) is 0 Å². The smallest absolute Gasteiger partial charge is 0.238 e. The maximum Gasteiger partial charge on any atom is 0.238 e. The minimum absolute atomic E-state index is 0.206. The number of amides is 1. The van der Waals surface area contributed by atoms with Crippen LogP contribution in [-0.4, -0.2) is 37.8 Å². The molecule has 0 heterocycles. The van der Waals surface area contributed by atoms with Crippen LogP contribution in [0.4, 0.5) is 8.78 Å². The van der Waals surface area contributed by atoms with Crippen molar-refractivity contribution >= 4 is 15.7 Å². The van der Waals surface area contributed by atoms with E-state index in [-0.39, 0.29) is 5.75 Å². The molecular formula is C15H19F2NO3S. The molecule has 0 radical (unpaired) electrons. The Morgan fingerprint density at radius 3 is 2.50 bits per heavy atom. The Kier molecular flexibility index (Phi) is 6.22. The van der Waals surface area contributed by atoms with Crippen molar-refractivity contribution in [2.24, 2.45) is 0 Å². The minimum atomic E-state index is -3.53. The molecule has 0 spiro atoms. The lowest BCUT2D eigenvalue weighted by Gasteiger charge is -2.25. The van der Waals surface area contributed by atoms with Crippen LogP contribution >= 0.6 is 0 Å². The lowest BCUT2D eigenvalue weighted by atomic mass is 10.1. The van der Waals surface area contributed by atoms with E-state index in [0.717, 1.165) is 12.1 Å². The molecule has 0 saturated heterocycles. The van der Waals surface area contributed by atoms with Gasteiger partial charge in [0.15, 0.2) is 21.5 Å². The lowest BCUT2D eigenvalue weighted by molar-refractivity contribution is -0.129. The van der Waals surface area contributed by atoms with E-state index in [1.807, 2.05) is 0 Å². The Balaban J connectivity index is 2.83. The second-order valence-corrected chi connectivity index (χ2v) is 7.09. The number of nitrogens with zero attached hydrogens (tertiary/aromatic N) is 1. The summed E-state index contributed by atoms with van der Waals surface area (Å²) in [5.74, 6) is -3.41. The average Bonchev–Trinajstić information content (AvgIpc) is 2.46. The van der Waals surface area contributed by atoms with Crippen molar-refractivity contribution in [3.63, 3.8) is 0 Å². The van der Waals surface area contributed by atoms with Crippen LogP contribution in [0.3, 0.4) is 0 Å². The SMILES string of the molecule is C/C=C/CS(=O)(=O)CC(=O)N(C)C(C)c1ccc(F)c(F)c1. The van der Waals surface area contributed by atoms with Gasteiger partial charge < -0.3 is 4.90 Å². The molecule has 0 saturated carbocycles. The van der Waals surface area contributed by atoms with E-state index in [1.165, 1.54) is 24.1 Å². The van der Waals surface area contributed by atoms with Gasteiger partial charge in [0, 0.05) is 7.05 Å². The summed E-state index contributed by atoms with van der Waals surface area (Å²) in [5.41, 5.74) is 0.389. The molecule has 0 N–H and O–H groups in total. The van der Waals surface area contributed by atoms with E-state index < -0.39 is 39.2 Å². The van der Waals surface area contributed by atoms with Crippen molar-refractivity contribution in [3.8, 4) is 0 Å². The predicted octanol–water partition coefficient (Wildman–Crippen LogP) is 2.48. The third kappa shape index (κ3) is 4.91. The Labute approximate surface area is 129 Å². The zero-order chi connectivity index (χ0) is 16.9. The van der Waals surface area contributed by atoms with Gasteiger partial charge in [0.25, 0.3) is 0 Å². The molecule has 22 heavy (non-hydrogen) atoms. The van der Waals surface area contributed by atoms with Crippen LogP contribution in [0.5, 0.6) is 0 Å². The first-order valence-electron chi connectivity index (χ1n) is 6.70. The van der Waals surface area contributed by atoms with Crippen molar-refractivity contribution in [1.82, 2.24) is 4.90 Å². The second kappa shape index (κ2) is 7.49. The Hall–Kier alpha value is -1.76. The highest BCUT2D eigenvalue weighted by atomic mass is 32.2. The van der Waals surface area contributed by atoms with Gasteiger partial charge in [-0.15, -0.1) is 0 Å². The molecule has 0 aromatic heterocycles. The summed E-state index contributed by atoms with van der Waals surface area (Å²) in [6.07, 6.45) is 3.05. The predicted molar refractivity (Wildman–Crippen MR) is 81.0 cm³/mol. The minimum Gasteiger partial charge on any atom is -0.338 e. The third-order valence-corrected chi connectivity index (χ3v) is 4.72. The monoisotopic (exact) mass is 331 g/mol. The molecule has 1 amide bonds. The molecule has 122 valence electrons. The number of carbonyl (C=O) groups excluding carboxylic acids is 1. The van der Waals surface area contributed by atoms with Gasteiger partial charge in [0.05, 0.1) is 11.8 Å². The van der Waals surface area contributed by atoms with Gasteiger partial charge in [0.2, 0.25) is 5.91 Å². The van der Waals surface area contributed by atoms with E-state index in [4.69, 9.17) is 0 Å². The van der Waals surface area contributed by atoms with Crippen LogP contribution in [0, 0.1) is 11.6 Å². The van der Waals surface area contributed by atoms with Gasteiger partial charge in [-0.05, 0) is 31.5 Å². The zero-order valence-corrected chi connectivity index (χ0v) is 13.5. The summed E-state index contributed by atoms with van der Waals surface area (Å²) in [5, 5.41) is 0. The van der Waals surface area contributed by atoms with Gasteiger partial charge >= 0.3 is 0 Å². The quantitative estimate of drug-likeness (QED) is 0.753. The fourth-order valence-corrected chi connectivity index (χ4v) is 2.99. The van der Waals surface area contributed by atoms with E-state index >= 15 is 0 Å². The maximum absolute atomic E-state index is 13.2. The zero-order valence-electron chi connectivity index (χ0n) is 12.7. The highest BCUT2D eigenvalue weighted by Crippen LogP contribution is 2.21. The van der Waals surface area contributed by atoms with Crippen LogP contribution in [0.15, 0.2) is 30.4 Å². The average molecular weight is 331 g/mol. The fraction of sp³-hybridized carbons (Fsp3) is 0.400. The molecular weight excluding hydrogens is 312 g/mol. The summed E-state index contributed by atoms with van der Waals surface area (Å²) in [6, 6.07) is 2.76.